The monoisotopic (exact) mass is 974 g/mol. The van der Waals surface area contributed by atoms with Gasteiger partial charge in [0.05, 0.1) is 0 Å². The molecule has 0 spiro atoms. The number of hydrogen-bond donors (Lipinski definition) is 0. The minimum absolute atomic E-state index is 1.22. The van der Waals surface area contributed by atoms with Crippen LogP contribution in [0.3, 0.4) is 0 Å². The van der Waals surface area contributed by atoms with Gasteiger partial charge in [-0.05, 0) is 136 Å². The van der Waals surface area contributed by atoms with Crippen LogP contribution in [0.1, 0.15) is 0 Å². The van der Waals surface area contributed by atoms with E-state index in [1.807, 2.05) is 0 Å². The van der Waals surface area contributed by atoms with E-state index in [0.717, 1.165) is 0 Å². The van der Waals surface area contributed by atoms with Crippen molar-refractivity contribution in [1.29, 1.82) is 0 Å². The third kappa shape index (κ3) is 6.93. The first-order chi connectivity index (χ1) is 36.2. The van der Waals surface area contributed by atoms with Gasteiger partial charge in [0.2, 0.25) is 0 Å². The van der Waals surface area contributed by atoms with Gasteiger partial charge >= 0.3 is 0 Å². The predicted octanol–water partition coefficient (Wildman–Crippen LogP) is 17.6. The van der Waals surface area contributed by atoms with Crippen LogP contribution in [0.15, 0.2) is 255 Å². The summed E-state index contributed by atoms with van der Waals surface area (Å²) in [5.41, 5.74) is 7.51. The zero-order valence-corrected chi connectivity index (χ0v) is 44.2. The second-order valence-electron chi connectivity index (χ2n) is 21.5. The van der Waals surface area contributed by atoms with Crippen molar-refractivity contribution in [2.45, 2.75) is 26.2 Å². The summed E-state index contributed by atoms with van der Waals surface area (Å²) in [7, 11) is -4.33. The van der Waals surface area contributed by atoms with Crippen LogP contribution in [0.2, 0.25) is 26.2 Å². The summed E-state index contributed by atoms with van der Waals surface area (Å²) in [5.74, 6) is 0. The average molecular weight is 975 g/mol. The van der Waals surface area contributed by atoms with Gasteiger partial charge in [0.15, 0.2) is 0 Å². The molecule has 0 unspecified atom stereocenters. The molecule has 0 amide bonds. The lowest BCUT2D eigenvalue weighted by molar-refractivity contribution is 1.63. The Morgan fingerprint density at radius 2 is 0.541 bits per heavy atom. The van der Waals surface area contributed by atoms with Crippen LogP contribution < -0.4 is 20.7 Å². The van der Waals surface area contributed by atoms with Crippen molar-refractivity contribution >= 4 is 123 Å². The van der Waals surface area contributed by atoms with Crippen LogP contribution in [-0.4, -0.2) is 16.1 Å². The van der Waals surface area contributed by atoms with Crippen LogP contribution in [0, 0.1) is 0 Å². The molecule has 14 rings (SSSR count). The molecule has 0 radical (unpaired) electrons. The Hall–Kier alpha value is -8.41. The Morgan fingerprint density at radius 3 is 1.04 bits per heavy atom. The van der Waals surface area contributed by atoms with E-state index in [4.69, 9.17) is 0 Å². The van der Waals surface area contributed by atoms with E-state index in [1.165, 1.54) is 140 Å². The predicted molar refractivity (Wildman–Crippen MR) is 329 cm³/mol. The Bertz CT molecular complexity index is 4570. The van der Waals surface area contributed by atoms with Crippen molar-refractivity contribution in [2.75, 3.05) is 0 Å². The normalized spacial score (nSPS) is 12.3. The lowest BCUT2D eigenvalue weighted by Crippen LogP contribution is -2.53. The van der Waals surface area contributed by atoms with Crippen LogP contribution in [0.25, 0.3) is 120 Å². The highest BCUT2D eigenvalue weighted by Gasteiger charge is 2.30. The summed E-state index contributed by atoms with van der Waals surface area (Å²) in [5, 5.41) is 26.8. The molecule has 0 aliphatic heterocycles. The Labute approximate surface area is 434 Å². The van der Waals surface area contributed by atoms with Gasteiger partial charge in [0, 0.05) is 0 Å². The average Bonchev–Trinajstić information content (AvgIpc) is 3.50. The zero-order chi connectivity index (χ0) is 49.7. The number of hydrogen-bond acceptors (Lipinski definition) is 0. The minimum atomic E-state index is -2.17. The fraction of sp³-hybridized carbons (Fsp3) is 0.0556. The van der Waals surface area contributed by atoms with Gasteiger partial charge in [0.25, 0.3) is 0 Å². The Kier molecular flexibility index (Phi) is 10.2. The van der Waals surface area contributed by atoms with Crippen LogP contribution in [-0.2, 0) is 0 Å². The highest BCUT2D eigenvalue weighted by Crippen LogP contribution is 2.45. The van der Waals surface area contributed by atoms with Gasteiger partial charge in [0.1, 0.15) is 16.1 Å². The second kappa shape index (κ2) is 17.1. The second-order valence-corrected chi connectivity index (χ2v) is 30.3. The molecule has 0 aliphatic carbocycles. The van der Waals surface area contributed by atoms with Crippen LogP contribution >= 0.6 is 0 Å². The first-order valence-corrected chi connectivity index (χ1v) is 32.2. The van der Waals surface area contributed by atoms with Gasteiger partial charge in [-0.3, -0.25) is 0 Å². The van der Waals surface area contributed by atoms with Gasteiger partial charge in [-0.25, -0.2) is 0 Å². The molecule has 0 nitrogen and oxygen atoms in total. The molecule has 0 heterocycles. The highest BCUT2D eigenvalue weighted by atomic mass is 28.3. The highest BCUT2D eigenvalue weighted by molar-refractivity contribution is 7.02. The van der Waals surface area contributed by atoms with Gasteiger partial charge in [-0.1, -0.05) is 285 Å². The first-order valence-electron chi connectivity index (χ1n) is 26.2. The van der Waals surface area contributed by atoms with Crippen molar-refractivity contribution in [3.05, 3.63) is 255 Å². The standard InChI is InChI=1S/C72H54Si2/c1-73(2,69-26-14-24-57-61-39-32-48-18-8-10-20-55(48)59(61)42-44-63(57)69)53-35-28-50(29-36-53)71-65-22-12-13-23-66(65)72(68-46-52(34-41-67(68)71)47-16-6-5-7-17-47)51-30-37-54(38-31-51)74(3,4)70-27-15-25-58-62-40-33-49-19-9-11-21-56(49)60(62)43-45-64(58)70/h5-46H,1-4H3. The zero-order valence-electron chi connectivity index (χ0n) is 42.2. The molecule has 2 heteroatoms. The van der Waals surface area contributed by atoms with E-state index >= 15 is 0 Å². The molecule has 74 heavy (non-hydrogen) atoms. The SMILES string of the molecule is C[Si](C)(c1ccc(-c2c3ccccc3c(-c3ccc([Si](C)(C)c4cccc5c4ccc4c6ccccc6ccc54)cc3)c3cc(-c4ccccc4)ccc23)cc1)c1cccc2c1ccc1c3ccccc3ccc21. The van der Waals surface area contributed by atoms with E-state index in [-0.39, 0.29) is 0 Å². The molecule has 0 aliphatic rings. The third-order valence-corrected chi connectivity index (χ3v) is 24.0. The first kappa shape index (κ1) is 44.3. The number of benzene rings is 14. The quantitative estimate of drug-likeness (QED) is 0.0848. The molecule has 0 bridgehead atoms. The summed E-state index contributed by atoms with van der Waals surface area (Å²) in [6.45, 7) is 10.1. The molecule has 0 aromatic heterocycles. The number of fused-ring (bicyclic) bond motifs is 12. The molecule has 0 fully saturated rings. The molecular formula is C72H54Si2. The lowest BCUT2D eigenvalue weighted by atomic mass is 9.85. The van der Waals surface area contributed by atoms with Crippen molar-refractivity contribution in [2.24, 2.45) is 0 Å². The van der Waals surface area contributed by atoms with Gasteiger partial charge in [-0.15, -0.1) is 0 Å². The number of rotatable bonds is 7. The summed E-state index contributed by atoms with van der Waals surface area (Å²) >= 11 is 0. The lowest BCUT2D eigenvalue weighted by Gasteiger charge is -2.27. The van der Waals surface area contributed by atoms with E-state index in [9.17, 15) is 0 Å². The van der Waals surface area contributed by atoms with Gasteiger partial charge < -0.3 is 0 Å². The smallest absolute Gasteiger partial charge is 0.0622 e. The fourth-order valence-corrected chi connectivity index (χ4v) is 18.3. The van der Waals surface area contributed by atoms with Crippen LogP contribution in [0.4, 0.5) is 0 Å². The summed E-state index contributed by atoms with van der Waals surface area (Å²) in [6, 6.07) is 96.7. The van der Waals surface area contributed by atoms with Crippen molar-refractivity contribution in [3.63, 3.8) is 0 Å². The van der Waals surface area contributed by atoms with Crippen molar-refractivity contribution < 1.29 is 0 Å². The minimum Gasteiger partial charge on any atom is -0.0622 e. The summed E-state index contributed by atoms with van der Waals surface area (Å²) < 4.78 is 0. The molecule has 0 saturated heterocycles. The largest absolute Gasteiger partial charge is 0.113 e. The molecule has 0 saturated carbocycles. The third-order valence-electron chi connectivity index (χ3n) is 16.8. The molecule has 0 N–H and O–H groups in total. The van der Waals surface area contributed by atoms with E-state index in [0.29, 0.717) is 0 Å². The molecule has 14 aromatic carbocycles. The molecule has 350 valence electrons. The van der Waals surface area contributed by atoms with Crippen molar-refractivity contribution in [3.8, 4) is 33.4 Å². The molecule has 0 atom stereocenters. The Morgan fingerprint density at radius 1 is 0.203 bits per heavy atom. The Balaban J connectivity index is 0.881. The van der Waals surface area contributed by atoms with Crippen molar-refractivity contribution in [1.82, 2.24) is 0 Å². The van der Waals surface area contributed by atoms with E-state index < -0.39 is 16.1 Å². The topological polar surface area (TPSA) is 0 Å². The summed E-state index contributed by atoms with van der Waals surface area (Å²) in [4.78, 5) is 0. The maximum absolute atomic E-state index is 2.52. The van der Waals surface area contributed by atoms with Gasteiger partial charge in [-0.2, -0.15) is 0 Å². The maximum atomic E-state index is 2.52. The molecule has 14 aromatic rings. The summed E-state index contributed by atoms with van der Waals surface area (Å²) in [6.07, 6.45) is 0. The maximum Gasteiger partial charge on any atom is 0.113 e. The molecular weight excluding hydrogens is 921 g/mol. The van der Waals surface area contributed by atoms with E-state index in [2.05, 4.69) is 281 Å². The van der Waals surface area contributed by atoms with E-state index in [1.54, 1.807) is 0 Å². The fourth-order valence-electron chi connectivity index (χ4n) is 12.8. The van der Waals surface area contributed by atoms with Crippen LogP contribution in [0.5, 0.6) is 0 Å².